The van der Waals surface area contributed by atoms with Crippen molar-refractivity contribution in [2.75, 3.05) is 26.9 Å². The van der Waals surface area contributed by atoms with E-state index in [2.05, 4.69) is 10.3 Å². The summed E-state index contributed by atoms with van der Waals surface area (Å²) in [5.41, 5.74) is 1.02. The SMILES string of the molecule is CCOc1nc(CNCCOC)cs1. The van der Waals surface area contributed by atoms with Crippen LogP contribution in [-0.2, 0) is 11.3 Å². The summed E-state index contributed by atoms with van der Waals surface area (Å²) in [5, 5.41) is 5.97. The van der Waals surface area contributed by atoms with Gasteiger partial charge in [0.15, 0.2) is 0 Å². The summed E-state index contributed by atoms with van der Waals surface area (Å²) in [6.07, 6.45) is 0. The number of aromatic nitrogens is 1. The van der Waals surface area contributed by atoms with Gasteiger partial charge in [-0.15, -0.1) is 0 Å². The van der Waals surface area contributed by atoms with Gasteiger partial charge >= 0.3 is 0 Å². The fourth-order valence-electron chi connectivity index (χ4n) is 0.950. The molecule has 5 heteroatoms. The van der Waals surface area contributed by atoms with Crippen LogP contribution in [0.1, 0.15) is 12.6 Å². The first-order valence-electron chi connectivity index (χ1n) is 4.63. The van der Waals surface area contributed by atoms with Crippen molar-refractivity contribution in [2.24, 2.45) is 0 Å². The lowest BCUT2D eigenvalue weighted by Gasteiger charge is -2.00. The molecule has 0 aliphatic carbocycles. The fraction of sp³-hybridized carbons (Fsp3) is 0.667. The molecule has 80 valence electrons. The Morgan fingerprint density at radius 3 is 3.14 bits per heavy atom. The fourth-order valence-corrected chi connectivity index (χ4v) is 1.68. The van der Waals surface area contributed by atoms with Crippen LogP contribution in [0.3, 0.4) is 0 Å². The van der Waals surface area contributed by atoms with Gasteiger partial charge in [-0.3, -0.25) is 0 Å². The first kappa shape index (κ1) is 11.4. The second-order valence-electron chi connectivity index (χ2n) is 2.71. The molecule has 0 saturated carbocycles. The molecule has 0 amide bonds. The Hall–Kier alpha value is -0.650. The smallest absolute Gasteiger partial charge is 0.273 e. The summed E-state index contributed by atoms with van der Waals surface area (Å²) in [6.45, 7) is 4.97. The maximum atomic E-state index is 5.27. The van der Waals surface area contributed by atoms with Crippen LogP contribution in [0.5, 0.6) is 5.19 Å². The number of rotatable bonds is 7. The predicted molar refractivity (Wildman–Crippen MR) is 56.9 cm³/mol. The molecule has 0 radical (unpaired) electrons. The van der Waals surface area contributed by atoms with Gasteiger partial charge in [0.25, 0.3) is 5.19 Å². The zero-order chi connectivity index (χ0) is 10.2. The van der Waals surface area contributed by atoms with Crippen LogP contribution in [0.4, 0.5) is 0 Å². The topological polar surface area (TPSA) is 43.4 Å². The highest BCUT2D eigenvalue weighted by Crippen LogP contribution is 2.17. The Kier molecular flexibility index (Phi) is 5.51. The molecule has 1 rings (SSSR count). The van der Waals surface area contributed by atoms with Gasteiger partial charge in [0, 0.05) is 25.6 Å². The maximum Gasteiger partial charge on any atom is 0.273 e. The van der Waals surface area contributed by atoms with Gasteiger partial charge in [-0.1, -0.05) is 11.3 Å². The lowest BCUT2D eigenvalue weighted by Crippen LogP contribution is -2.18. The molecule has 0 unspecified atom stereocenters. The Morgan fingerprint density at radius 2 is 2.43 bits per heavy atom. The Morgan fingerprint density at radius 1 is 1.57 bits per heavy atom. The molecular formula is C9H16N2O2S. The summed E-state index contributed by atoms with van der Waals surface area (Å²) in [7, 11) is 1.69. The highest BCUT2D eigenvalue weighted by molar-refractivity contribution is 7.11. The van der Waals surface area contributed by atoms with Crippen LogP contribution in [0.2, 0.25) is 0 Å². The molecule has 0 saturated heterocycles. The maximum absolute atomic E-state index is 5.27. The number of ether oxygens (including phenoxy) is 2. The van der Waals surface area contributed by atoms with E-state index in [0.717, 1.165) is 30.6 Å². The van der Waals surface area contributed by atoms with E-state index in [1.807, 2.05) is 12.3 Å². The monoisotopic (exact) mass is 216 g/mol. The summed E-state index contributed by atoms with van der Waals surface area (Å²) in [4.78, 5) is 4.29. The third-order valence-corrected chi connectivity index (χ3v) is 2.39. The summed E-state index contributed by atoms with van der Waals surface area (Å²) in [5.74, 6) is 0. The zero-order valence-electron chi connectivity index (χ0n) is 8.58. The normalized spacial score (nSPS) is 10.4. The van der Waals surface area contributed by atoms with Crippen LogP contribution in [0, 0.1) is 0 Å². The van der Waals surface area contributed by atoms with Gasteiger partial charge in [0.05, 0.1) is 18.9 Å². The van der Waals surface area contributed by atoms with Gasteiger partial charge in [0.1, 0.15) is 0 Å². The van der Waals surface area contributed by atoms with E-state index < -0.39 is 0 Å². The number of thiazole rings is 1. The summed E-state index contributed by atoms with van der Waals surface area (Å²) >= 11 is 1.53. The molecule has 0 aliphatic heterocycles. The minimum atomic E-state index is 0.671. The molecular weight excluding hydrogens is 200 g/mol. The number of hydrogen-bond donors (Lipinski definition) is 1. The molecule has 0 bridgehead atoms. The Labute approximate surface area is 88.3 Å². The molecule has 1 aromatic rings. The molecule has 0 aliphatic rings. The molecule has 0 fully saturated rings. The van der Waals surface area contributed by atoms with Crippen molar-refractivity contribution in [3.05, 3.63) is 11.1 Å². The third kappa shape index (κ3) is 4.04. The molecule has 0 atom stereocenters. The van der Waals surface area contributed by atoms with Crippen molar-refractivity contribution in [2.45, 2.75) is 13.5 Å². The van der Waals surface area contributed by atoms with E-state index in [4.69, 9.17) is 9.47 Å². The summed E-state index contributed by atoms with van der Waals surface area (Å²) in [6, 6.07) is 0. The van der Waals surface area contributed by atoms with Crippen LogP contribution in [0.25, 0.3) is 0 Å². The first-order chi connectivity index (χ1) is 6.86. The van der Waals surface area contributed by atoms with Gasteiger partial charge in [-0.2, -0.15) is 0 Å². The summed E-state index contributed by atoms with van der Waals surface area (Å²) < 4.78 is 10.2. The minimum Gasteiger partial charge on any atom is -0.470 e. The van der Waals surface area contributed by atoms with Crippen molar-refractivity contribution < 1.29 is 9.47 Å². The van der Waals surface area contributed by atoms with Crippen LogP contribution in [-0.4, -0.2) is 31.9 Å². The highest BCUT2D eigenvalue weighted by atomic mass is 32.1. The number of methoxy groups -OCH3 is 1. The van der Waals surface area contributed by atoms with E-state index in [0.29, 0.717) is 6.61 Å². The predicted octanol–water partition coefficient (Wildman–Crippen LogP) is 1.28. The lowest BCUT2D eigenvalue weighted by molar-refractivity contribution is 0.199. The molecule has 1 heterocycles. The van der Waals surface area contributed by atoms with Crippen LogP contribution >= 0.6 is 11.3 Å². The molecule has 0 aromatic carbocycles. The Balaban J connectivity index is 2.22. The second kappa shape index (κ2) is 6.75. The highest BCUT2D eigenvalue weighted by Gasteiger charge is 2.00. The van der Waals surface area contributed by atoms with Crippen LogP contribution < -0.4 is 10.1 Å². The van der Waals surface area contributed by atoms with E-state index in [1.165, 1.54) is 11.3 Å². The van der Waals surface area contributed by atoms with E-state index >= 15 is 0 Å². The van der Waals surface area contributed by atoms with Crippen LogP contribution in [0.15, 0.2) is 5.38 Å². The third-order valence-electron chi connectivity index (χ3n) is 1.59. The molecule has 1 N–H and O–H groups in total. The largest absolute Gasteiger partial charge is 0.470 e. The molecule has 4 nitrogen and oxygen atoms in total. The molecule has 0 spiro atoms. The zero-order valence-corrected chi connectivity index (χ0v) is 9.39. The average Bonchev–Trinajstić information content (AvgIpc) is 2.61. The minimum absolute atomic E-state index is 0.671. The number of nitrogens with zero attached hydrogens (tertiary/aromatic N) is 1. The van der Waals surface area contributed by atoms with Crippen molar-refractivity contribution in [3.8, 4) is 5.19 Å². The lowest BCUT2D eigenvalue weighted by atomic mass is 10.5. The second-order valence-corrected chi connectivity index (χ2v) is 3.53. The van der Waals surface area contributed by atoms with Gasteiger partial charge in [-0.05, 0) is 6.92 Å². The van der Waals surface area contributed by atoms with E-state index in [9.17, 15) is 0 Å². The van der Waals surface area contributed by atoms with Crippen molar-refractivity contribution in [3.63, 3.8) is 0 Å². The van der Waals surface area contributed by atoms with Gasteiger partial charge in [-0.25, -0.2) is 4.98 Å². The molecule has 14 heavy (non-hydrogen) atoms. The standard InChI is InChI=1S/C9H16N2O2S/c1-3-13-9-11-8(7-14-9)6-10-4-5-12-2/h7,10H,3-6H2,1-2H3. The van der Waals surface area contributed by atoms with Crippen molar-refractivity contribution in [1.82, 2.24) is 10.3 Å². The van der Waals surface area contributed by atoms with E-state index in [1.54, 1.807) is 7.11 Å². The number of nitrogens with one attached hydrogen (secondary N) is 1. The van der Waals surface area contributed by atoms with Gasteiger partial charge in [0.2, 0.25) is 0 Å². The van der Waals surface area contributed by atoms with Crippen molar-refractivity contribution in [1.29, 1.82) is 0 Å². The quantitative estimate of drug-likeness (QED) is 0.697. The van der Waals surface area contributed by atoms with Gasteiger partial charge < -0.3 is 14.8 Å². The van der Waals surface area contributed by atoms with E-state index in [-0.39, 0.29) is 0 Å². The van der Waals surface area contributed by atoms with Crippen molar-refractivity contribution >= 4 is 11.3 Å². The number of hydrogen-bond acceptors (Lipinski definition) is 5. The Bertz CT molecular complexity index is 253. The first-order valence-corrected chi connectivity index (χ1v) is 5.51. The average molecular weight is 216 g/mol. The molecule has 1 aromatic heterocycles.